The Kier molecular flexibility index (Phi) is 5.34. The van der Waals surface area contributed by atoms with Crippen molar-refractivity contribution < 1.29 is 18.3 Å². The number of likely N-dealkylation sites (tertiary alicyclic amines) is 1. The fraction of sp³-hybridized carbons (Fsp3) is 0.562. The molecule has 122 valence electrons. The molecular formula is C16H22F2N2O2. The Bertz CT molecular complexity index is 537. The number of ether oxygens (including phenoxy) is 1. The van der Waals surface area contributed by atoms with Gasteiger partial charge in [0.05, 0.1) is 0 Å². The van der Waals surface area contributed by atoms with Gasteiger partial charge in [0.25, 0.3) is 5.91 Å². The Labute approximate surface area is 129 Å². The summed E-state index contributed by atoms with van der Waals surface area (Å²) in [5.41, 5.74) is 5.91. The molecule has 1 amide bonds. The molecule has 1 aliphatic rings. The maximum Gasteiger partial charge on any atom is 0.263 e. The van der Waals surface area contributed by atoms with Gasteiger partial charge in [0.1, 0.15) is 5.75 Å². The first-order chi connectivity index (χ1) is 10.4. The monoisotopic (exact) mass is 312 g/mol. The maximum atomic E-state index is 13.2. The van der Waals surface area contributed by atoms with Crippen LogP contribution in [0.3, 0.4) is 0 Å². The van der Waals surface area contributed by atoms with Gasteiger partial charge in [0.2, 0.25) is 0 Å². The van der Waals surface area contributed by atoms with Crippen LogP contribution in [0, 0.1) is 17.6 Å². The van der Waals surface area contributed by atoms with Crippen molar-refractivity contribution in [1.29, 1.82) is 0 Å². The topological polar surface area (TPSA) is 55.6 Å². The molecule has 2 N–H and O–H groups in total. The summed E-state index contributed by atoms with van der Waals surface area (Å²) < 4.78 is 31.5. The van der Waals surface area contributed by atoms with Crippen LogP contribution < -0.4 is 10.5 Å². The van der Waals surface area contributed by atoms with Gasteiger partial charge < -0.3 is 15.4 Å². The lowest BCUT2D eigenvalue weighted by molar-refractivity contribution is -0.139. The molecule has 0 aliphatic carbocycles. The third-order valence-electron chi connectivity index (χ3n) is 4.06. The Morgan fingerprint density at radius 3 is 2.73 bits per heavy atom. The lowest BCUT2D eigenvalue weighted by Gasteiger charge is -2.35. The van der Waals surface area contributed by atoms with E-state index in [-0.39, 0.29) is 23.6 Å². The first-order valence-corrected chi connectivity index (χ1v) is 7.54. The lowest BCUT2D eigenvalue weighted by atomic mass is 9.92. The van der Waals surface area contributed by atoms with Gasteiger partial charge in [0.15, 0.2) is 17.7 Å². The fourth-order valence-corrected chi connectivity index (χ4v) is 2.70. The van der Waals surface area contributed by atoms with Crippen LogP contribution in [0.5, 0.6) is 5.75 Å². The molecule has 1 fully saturated rings. The average Bonchev–Trinajstić information content (AvgIpc) is 2.50. The molecule has 0 spiro atoms. The summed E-state index contributed by atoms with van der Waals surface area (Å²) in [5.74, 6) is -1.67. The Hall–Kier alpha value is -1.69. The highest BCUT2D eigenvalue weighted by molar-refractivity contribution is 5.81. The van der Waals surface area contributed by atoms with E-state index < -0.39 is 17.7 Å². The van der Waals surface area contributed by atoms with Gasteiger partial charge in [-0.15, -0.1) is 0 Å². The molecule has 3 atom stereocenters. The zero-order valence-corrected chi connectivity index (χ0v) is 12.9. The summed E-state index contributed by atoms with van der Waals surface area (Å²) in [6, 6.07) is 3.27. The van der Waals surface area contributed by atoms with Crippen LogP contribution in [0.4, 0.5) is 8.78 Å². The number of nitrogens with two attached hydrogens (primary N) is 1. The number of halogens is 2. The standard InChI is InChI=1S/C16H22F2N2O2/c1-10(19)12-4-3-7-20(9-12)16(21)11(2)22-13-5-6-14(17)15(18)8-13/h5-6,8,10-12H,3-4,7,9,19H2,1-2H3/t10-,11-,12-/m0/s1. The summed E-state index contributed by atoms with van der Waals surface area (Å²) in [5, 5.41) is 0. The maximum absolute atomic E-state index is 13.2. The van der Waals surface area contributed by atoms with E-state index in [1.807, 2.05) is 6.92 Å². The van der Waals surface area contributed by atoms with E-state index in [1.165, 1.54) is 6.07 Å². The minimum Gasteiger partial charge on any atom is -0.481 e. The van der Waals surface area contributed by atoms with E-state index in [1.54, 1.807) is 11.8 Å². The van der Waals surface area contributed by atoms with Crippen molar-refractivity contribution in [2.24, 2.45) is 11.7 Å². The number of rotatable bonds is 4. The minimum atomic E-state index is -0.993. The third kappa shape index (κ3) is 3.94. The van der Waals surface area contributed by atoms with Crippen LogP contribution in [0.15, 0.2) is 18.2 Å². The Morgan fingerprint density at radius 1 is 1.36 bits per heavy atom. The Balaban J connectivity index is 1.97. The third-order valence-corrected chi connectivity index (χ3v) is 4.06. The molecule has 22 heavy (non-hydrogen) atoms. The molecule has 0 bridgehead atoms. The minimum absolute atomic E-state index is 0.0398. The Morgan fingerprint density at radius 2 is 2.09 bits per heavy atom. The van der Waals surface area contributed by atoms with E-state index in [9.17, 15) is 13.6 Å². The van der Waals surface area contributed by atoms with Crippen LogP contribution >= 0.6 is 0 Å². The molecule has 4 nitrogen and oxygen atoms in total. The van der Waals surface area contributed by atoms with Crippen molar-refractivity contribution in [2.45, 2.75) is 38.8 Å². The molecule has 1 heterocycles. The van der Waals surface area contributed by atoms with E-state index in [2.05, 4.69) is 0 Å². The van der Waals surface area contributed by atoms with Crippen molar-refractivity contribution in [3.8, 4) is 5.75 Å². The second kappa shape index (κ2) is 7.05. The second-order valence-electron chi connectivity index (χ2n) is 5.88. The van der Waals surface area contributed by atoms with Crippen molar-refractivity contribution in [3.05, 3.63) is 29.8 Å². The largest absolute Gasteiger partial charge is 0.481 e. The quantitative estimate of drug-likeness (QED) is 0.928. The number of hydrogen-bond acceptors (Lipinski definition) is 3. The number of amides is 1. The molecule has 6 heteroatoms. The van der Waals surface area contributed by atoms with Crippen LogP contribution in [0.25, 0.3) is 0 Å². The molecule has 1 aromatic rings. The first kappa shape index (κ1) is 16.7. The zero-order valence-electron chi connectivity index (χ0n) is 12.9. The molecule has 1 aliphatic heterocycles. The number of nitrogens with zero attached hydrogens (tertiary/aromatic N) is 1. The lowest BCUT2D eigenvalue weighted by Crippen LogP contribution is -2.48. The van der Waals surface area contributed by atoms with Gasteiger partial charge in [-0.05, 0) is 44.7 Å². The molecule has 0 aromatic heterocycles. The van der Waals surface area contributed by atoms with Crippen molar-refractivity contribution in [1.82, 2.24) is 4.90 Å². The van der Waals surface area contributed by atoms with Gasteiger partial charge in [-0.2, -0.15) is 0 Å². The molecule has 2 rings (SSSR count). The smallest absolute Gasteiger partial charge is 0.263 e. The zero-order chi connectivity index (χ0) is 16.3. The normalized spacial score (nSPS) is 21.3. The number of piperidine rings is 1. The van der Waals surface area contributed by atoms with E-state index >= 15 is 0 Å². The van der Waals surface area contributed by atoms with Gasteiger partial charge >= 0.3 is 0 Å². The number of carbonyl (C=O) groups excluding carboxylic acids is 1. The SMILES string of the molecule is C[C@H](Oc1ccc(F)c(F)c1)C(=O)N1CCC[C@H]([C@H](C)N)C1. The van der Waals surface area contributed by atoms with Crippen LogP contribution in [-0.4, -0.2) is 36.0 Å². The van der Waals surface area contributed by atoms with Gasteiger partial charge in [-0.25, -0.2) is 8.78 Å². The molecule has 0 radical (unpaired) electrons. The van der Waals surface area contributed by atoms with E-state index in [0.29, 0.717) is 13.1 Å². The van der Waals surface area contributed by atoms with Crippen LogP contribution in [0.1, 0.15) is 26.7 Å². The van der Waals surface area contributed by atoms with Crippen molar-refractivity contribution in [3.63, 3.8) is 0 Å². The van der Waals surface area contributed by atoms with E-state index in [0.717, 1.165) is 25.0 Å². The summed E-state index contributed by atoms with van der Waals surface area (Å²) in [7, 11) is 0. The summed E-state index contributed by atoms with van der Waals surface area (Å²) in [4.78, 5) is 14.2. The number of benzene rings is 1. The molecule has 0 unspecified atom stereocenters. The molecule has 1 aromatic carbocycles. The van der Waals surface area contributed by atoms with Gasteiger partial charge in [0, 0.05) is 25.2 Å². The predicted octanol–water partition coefficient (Wildman–Crippen LogP) is 2.32. The van der Waals surface area contributed by atoms with Crippen molar-refractivity contribution in [2.75, 3.05) is 13.1 Å². The number of carbonyl (C=O) groups is 1. The second-order valence-corrected chi connectivity index (χ2v) is 5.88. The van der Waals surface area contributed by atoms with Gasteiger partial charge in [-0.3, -0.25) is 4.79 Å². The highest BCUT2D eigenvalue weighted by Crippen LogP contribution is 2.21. The summed E-state index contributed by atoms with van der Waals surface area (Å²) in [6.07, 6.45) is 1.17. The average molecular weight is 312 g/mol. The highest BCUT2D eigenvalue weighted by Gasteiger charge is 2.29. The molecular weight excluding hydrogens is 290 g/mol. The van der Waals surface area contributed by atoms with Crippen LogP contribution in [-0.2, 0) is 4.79 Å². The fourth-order valence-electron chi connectivity index (χ4n) is 2.70. The van der Waals surface area contributed by atoms with Gasteiger partial charge in [-0.1, -0.05) is 0 Å². The van der Waals surface area contributed by atoms with Crippen molar-refractivity contribution >= 4 is 5.91 Å². The summed E-state index contributed by atoms with van der Waals surface area (Å²) >= 11 is 0. The van der Waals surface area contributed by atoms with Crippen LogP contribution in [0.2, 0.25) is 0 Å². The molecule has 1 saturated heterocycles. The van der Waals surface area contributed by atoms with E-state index in [4.69, 9.17) is 10.5 Å². The highest BCUT2D eigenvalue weighted by atomic mass is 19.2. The summed E-state index contributed by atoms with van der Waals surface area (Å²) in [6.45, 7) is 4.84. The first-order valence-electron chi connectivity index (χ1n) is 7.54. The predicted molar refractivity (Wildman–Crippen MR) is 79.4 cm³/mol. The number of hydrogen-bond donors (Lipinski definition) is 1. The molecule has 0 saturated carbocycles.